The Balaban J connectivity index is 1.60. The van der Waals surface area contributed by atoms with Crippen molar-refractivity contribution in [1.29, 1.82) is 0 Å². The standard InChI is InChI=1S/C17H20N6O5/c1-2-27-16(25)11-5-3-4-6-12(11)19-17(26)23-9-7-22(8-10-23)15(24)13-14(18)21-28-20-13/h3-6H,2,7-10H2,1H3,(H2,18,21)(H,19,26). The minimum absolute atomic E-state index is 0.0405. The van der Waals surface area contributed by atoms with Crippen molar-refractivity contribution in [1.82, 2.24) is 20.1 Å². The molecule has 2 aromatic rings. The summed E-state index contributed by atoms with van der Waals surface area (Å²) in [6.45, 7) is 3.18. The van der Waals surface area contributed by atoms with Crippen LogP contribution >= 0.6 is 0 Å². The molecular weight excluding hydrogens is 368 g/mol. The van der Waals surface area contributed by atoms with Gasteiger partial charge in [-0.05, 0) is 29.4 Å². The number of urea groups is 1. The molecule has 0 unspecified atom stereocenters. The van der Waals surface area contributed by atoms with Crippen LogP contribution in [-0.2, 0) is 4.74 Å². The molecule has 1 saturated heterocycles. The fourth-order valence-corrected chi connectivity index (χ4v) is 2.78. The summed E-state index contributed by atoms with van der Waals surface area (Å²) >= 11 is 0. The minimum Gasteiger partial charge on any atom is -0.462 e. The third-order valence-electron chi connectivity index (χ3n) is 4.23. The number of hydrogen-bond donors (Lipinski definition) is 2. The number of nitrogens with two attached hydrogens (primary N) is 1. The molecule has 148 valence electrons. The number of amides is 3. The molecule has 0 bridgehead atoms. The Kier molecular flexibility index (Phi) is 5.72. The topological polar surface area (TPSA) is 144 Å². The highest BCUT2D eigenvalue weighted by Crippen LogP contribution is 2.18. The number of aromatic nitrogens is 2. The first-order chi connectivity index (χ1) is 13.5. The van der Waals surface area contributed by atoms with E-state index >= 15 is 0 Å². The summed E-state index contributed by atoms with van der Waals surface area (Å²) < 4.78 is 9.45. The second kappa shape index (κ2) is 8.37. The van der Waals surface area contributed by atoms with E-state index in [1.807, 2.05) is 0 Å². The van der Waals surface area contributed by atoms with Crippen LogP contribution in [0.3, 0.4) is 0 Å². The average Bonchev–Trinajstić information content (AvgIpc) is 3.14. The van der Waals surface area contributed by atoms with Crippen LogP contribution in [-0.4, -0.2) is 70.8 Å². The fourth-order valence-electron chi connectivity index (χ4n) is 2.78. The van der Waals surface area contributed by atoms with Crippen molar-refractivity contribution in [2.75, 3.05) is 43.8 Å². The van der Waals surface area contributed by atoms with Crippen molar-refractivity contribution in [2.45, 2.75) is 6.92 Å². The number of benzene rings is 1. The minimum atomic E-state index is -0.507. The molecule has 1 aliphatic heterocycles. The summed E-state index contributed by atoms with van der Waals surface area (Å²) in [4.78, 5) is 40.0. The molecular formula is C17H20N6O5. The van der Waals surface area contributed by atoms with Gasteiger partial charge in [-0.3, -0.25) is 4.79 Å². The van der Waals surface area contributed by atoms with Gasteiger partial charge in [0.1, 0.15) is 0 Å². The van der Waals surface area contributed by atoms with Crippen LogP contribution in [0.5, 0.6) is 0 Å². The van der Waals surface area contributed by atoms with Gasteiger partial charge in [-0.25, -0.2) is 14.2 Å². The van der Waals surface area contributed by atoms with Crippen molar-refractivity contribution in [3.05, 3.63) is 35.5 Å². The maximum Gasteiger partial charge on any atom is 0.340 e. The van der Waals surface area contributed by atoms with Gasteiger partial charge in [-0.1, -0.05) is 12.1 Å². The van der Waals surface area contributed by atoms with Gasteiger partial charge in [0.05, 0.1) is 17.9 Å². The summed E-state index contributed by atoms with van der Waals surface area (Å²) in [7, 11) is 0. The van der Waals surface area contributed by atoms with Crippen molar-refractivity contribution >= 4 is 29.4 Å². The zero-order valence-electron chi connectivity index (χ0n) is 15.3. The molecule has 1 aromatic carbocycles. The molecule has 3 N–H and O–H groups in total. The van der Waals surface area contributed by atoms with E-state index in [2.05, 4.69) is 20.3 Å². The third kappa shape index (κ3) is 4.03. The van der Waals surface area contributed by atoms with E-state index in [0.717, 1.165) is 0 Å². The first kappa shape index (κ1) is 19.1. The highest BCUT2D eigenvalue weighted by atomic mass is 16.6. The van der Waals surface area contributed by atoms with Crippen molar-refractivity contribution < 1.29 is 23.7 Å². The Labute approximate surface area is 160 Å². The summed E-state index contributed by atoms with van der Waals surface area (Å²) in [5.74, 6) is -0.972. The van der Waals surface area contributed by atoms with Gasteiger partial charge < -0.3 is 25.6 Å². The van der Waals surface area contributed by atoms with Gasteiger partial charge >= 0.3 is 12.0 Å². The number of hydrogen-bond acceptors (Lipinski definition) is 8. The Bertz CT molecular complexity index is 874. The third-order valence-corrected chi connectivity index (χ3v) is 4.23. The molecule has 2 heterocycles. The van der Waals surface area contributed by atoms with Gasteiger partial charge in [0.15, 0.2) is 0 Å². The molecule has 1 aromatic heterocycles. The molecule has 3 rings (SSSR count). The molecule has 3 amide bonds. The monoisotopic (exact) mass is 388 g/mol. The molecule has 1 fully saturated rings. The summed E-state index contributed by atoms with van der Waals surface area (Å²) in [6, 6.07) is 6.25. The van der Waals surface area contributed by atoms with E-state index in [0.29, 0.717) is 31.9 Å². The number of esters is 1. The van der Waals surface area contributed by atoms with Crippen LogP contribution < -0.4 is 11.1 Å². The molecule has 0 radical (unpaired) electrons. The number of nitrogen functional groups attached to an aromatic ring is 1. The van der Waals surface area contributed by atoms with E-state index in [9.17, 15) is 14.4 Å². The highest BCUT2D eigenvalue weighted by Gasteiger charge is 2.28. The van der Waals surface area contributed by atoms with E-state index in [4.69, 9.17) is 10.5 Å². The van der Waals surface area contributed by atoms with Crippen LogP contribution in [0.25, 0.3) is 0 Å². The van der Waals surface area contributed by atoms with Crippen LogP contribution in [0.4, 0.5) is 16.3 Å². The fraction of sp³-hybridized carbons (Fsp3) is 0.353. The molecule has 0 saturated carbocycles. The van der Waals surface area contributed by atoms with Gasteiger partial charge in [-0.2, -0.15) is 0 Å². The summed E-state index contributed by atoms with van der Waals surface area (Å²) in [5, 5.41) is 9.62. The number of rotatable bonds is 4. The summed E-state index contributed by atoms with van der Waals surface area (Å²) in [5.41, 5.74) is 6.15. The van der Waals surface area contributed by atoms with E-state index in [-0.39, 0.29) is 29.7 Å². The number of piperazine rings is 1. The van der Waals surface area contributed by atoms with Gasteiger partial charge in [0, 0.05) is 26.2 Å². The number of ether oxygens (including phenoxy) is 1. The zero-order valence-corrected chi connectivity index (χ0v) is 15.3. The molecule has 1 aliphatic rings. The number of anilines is 2. The lowest BCUT2D eigenvalue weighted by atomic mass is 10.2. The van der Waals surface area contributed by atoms with Crippen LogP contribution in [0.2, 0.25) is 0 Å². The van der Waals surface area contributed by atoms with E-state index in [1.165, 1.54) is 4.90 Å². The Morgan fingerprint density at radius 2 is 1.82 bits per heavy atom. The lowest BCUT2D eigenvalue weighted by Crippen LogP contribution is -2.51. The maximum absolute atomic E-state index is 12.6. The van der Waals surface area contributed by atoms with Crippen LogP contribution in [0.1, 0.15) is 27.8 Å². The van der Waals surface area contributed by atoms with Crippen molar-refractivity contribution in [3.8, 4) is 0 Å². The molecule has 0 aliphatic carbocycles. The number of nitrogens with one attached hydrogen (secondary N) is 1. The molecule has 0 atom stereocenters. The molecule has 11 nitrogen and oxygen atoms in total. The highest BCUT2D eigenvalue weighted by molar-refractivity contribution is 6.01. The molecule has 0 spiro atoms. The number of carbonyl (C=O) groups excluding carboxylic acids is 3. The maximum atomic E-state index is 12.6. The first-order valence-electron chi connectivity index (χ1n) is 8.70. The largest absolute Gasteiger partial charge is 0.462 e. The van der Waals surface area contributed by atoms with E-state index in [1.54, 1.807) is 36.1 Å². The Morgan fingerprint density at radius 3 is 2.46 bits per heavy atom. The van der Waals surface area contributed by atoms with Crippen molar-refractivity contribution in [3.63, 3.8) is 0 Å². The number of carbonyl (C=O) groups is 3. The van der Waals surface area contributed by atoms with Crippen molar-refractivity contribution in [2.24, 2.45) is 0 Å². The number of para-hydroxylation sites is 1. The van der Waals surface area contributed by atoms with Gasteiger partial charge in [-0.15, -0.1) is 0 Å². The van der Waals surface area contributed by atoms with Gasteiger partial charge in [0.25, 0.3) is 5.91 Å². The SMILES string of the molecule is CCOC(=O)c1ccccc1NC(=O)N1CCN(C(=O)c2nonc2N)CC1. The lowest BCUT2D eigenvalue weighted by molar-refractivity contribution is 0.0527. The Morgan fingerprint density at radius 1 is 1.14 bits per heavy atom. The second-order valence-electron chi connectivity index (χ2n) is 5.97. The Hall–Kier alpha value is -3.63. The summed E-state index contributed by atoms with van der Waals surface area (Å²) in [6.07, 6.45) is 0. The second-order valence-corrected chi connectivity index (χ2v) is 5.97. The molecule has 28 heavy (non-hydrogen) atoms. The smallest absolute Gasteiger partial charge is 0.340 e. The lowest BCUT2D eigenvalue weighted by Gasteiger charge is -2.34. The number of nitrogens with zero attached hydrogens (tertiary/aromatic N) is 4. The van der Waals surface area contributed by atoms with Gasteiger partial charge in [0.2, 0.25) is 11.5 Å². The normalized spacial score (nSPS) is 13.9. The first-order valence-corrected chi connectivity index (χ1v) is 8.70. The predicted molar refractivity (Wildman–Crippen MR) is 97.6 cm³/mol. The van der Waals surface area contributed by atoms with Crippen LogP contribution in [0, 0.1) is 0 Å². The van der Waals surface area contributed by atoms with Crippen LogP contribution in [0.15, 0.2) is 28.9 Å². The zero-order chi connectivity index (χ0) is 20.1. The quantitative estimate of drug-likeness (QED) is 0.733. The average molecular weight is 388 g/mol. The van der Waals surface area contributed by atoms with E-state index < -0.39 is 11.9 Å². The molecule has 11 heteroatoms. The predicted octanol–water partition coefficient (Wildman–Crippen LogP) is 0.818.